The molecule has 0 radical (unpaired) electrons. The first-order valence-electron chi connectivity index (χ1n) is 7.81. The maximum atomic E-state index is 12.6. The molecule has 0 N–H and O–H groups in total. The monoisotopic (exact) mass is 313 g/mol. The van der Waals surface area contributed by atoms with Gasteiger partial charge in [0.25, 0.3) is 5.91 Å². The van der Waals surface area contributed by atoms with Gasteiger partial charge in [-0.3, -0.25) is 4.79 Å². The van der Waals surface area contributed by atoms with Crippen molar-refractivity contribution >= 4 is 17.5 Å². The van der Waals surface area contributed by atoms with Crippen LogP contribution in [0.2, 0.25) is 5.02 Å². The largest absolute Gasteiger partial charge is 0.338 e. The van der Waals surface area contributed by atoms with Crippen molar-refractivity contribution in [3.8, 4) is 0 Å². The molecule has 1 fully saturated rings. The summed E-state index contributed by atoms with van der Waals surface area (Å²) in [5, 5.41) is 0.664. The van der Waals surface area contributed by atoms with Crippen LogP contribution in [-0.4, -0.2) is 23.9 Å². The molecule has 0 bridgehead atoms. The molecule has 3 heteroatoms. The van der Waals surface area contributed by atoms with Gasteiger partial charge in [0.2, 0.25) is 0 Å². The standard InChI is InChI=1S/C19H20ClNO/c20-18-10-8-17(9-11-18)19(22)21-12-4-7-16(14-21)13-15-5-2-1-3-6-15/h1-3,5-6,8-11,16H,4,7,12-14H2. The highest BCUT2D eigenvalue weighted by atomic mass is 35.5. The summed E-state index contributed by atoms with van der Waals surface area (Å²) in [6, 6.07) is 17.7. The fourth-order valence-corrected chi connectivity index (χ4v) is 3.26. The Morgan fingerprint density at radius 1 is 1.09 bits per heavy atom. The number of halogens is 1. The Bertz CT molecular complexity index is 624. The van der Waals surface area contributed by atoms with E-state index in [0.717, 1.165) is 31.5 Å². The van der Waals surface area contributed by atoms with E-state index in [-0.39, 0.29) is 5.91 Å². The number of amides is 1. The first kappa shape index (κ1) is 15.1. The minimum Gasteiger partial charge on any atom is -0.338 e. The highest BCUT2D eigenvalue weighted by Gasteiger charge is 2.24. The molecule has 0 aromatic heterocycles. The van der Waals surface area contributed by atoms with Crippen molar-refractivity contribution in [2.45, 2.75) is 19.3 Å². The Kier molecular flexibility index (Phi) is 4.79. The molecule has 3 rings (SSSR count). The average Bonchev–Trinajstić information content (AvgIpc) is 2.56. The van der Waals surface area contributed by atoms with Crippen molar-refractivity contribution < 1.29 is 4.79 Å². The summed E-state index contributed by atoms with van der Waals surface area (Å²) in [7, 11) is 0. The molecule has 0 saturated carbocycles. The fraction of sp³-hybridized carbons (Fsp3) is 0.316. The Morgan fingerprint density at radius 3 is 2.55 bits per heavy atom. The van der Waals surface area contributed by atoms with Gasteiger partial charge in [0, 0.05) is 23.7 Å². The number of hydrogen-bond donors (Lipinski definition) is 0. The summed E-state index contributed by atoms with van der Waals surface area (Å²) in [5.74, 6) is 0.668. The molecule has 0 aliphatic carbocycles. The van der Waals surface area contributed by atoms with E-state index >= 15 is 0 Å². The Balaban J connectivity index is 1.65. The van der Waals surface area contributed by atoms with Crippen LogP contribution in [0.1, 0.15) is 28.8 Å². The maximum Gasteiger partial charge on any atom is 0.253 e. The van der Waals surface area contributed by atoms with Gasteiger partial charge in [0.05, 0.1) is 0 Å². The van der Waals surface area contributed by atoms with E-state index in [4.69, 9.17) is 11.6 Å². The van der Waals surface area contributed by atoms with E-state index < -0.39 is 0 Å². The molecule has 2 aromatic carbocycles. The number of benzene rings is 2. The lowest BCUT2D eigenvalue weighted by atomic mass is 9.91. The van der Waals surface area contributed by atoms with Crippen LogP contribution in [0, 0.1) is 5.92 Å². The topological polar surface area (TPSA) is 20.3 Å². The highest BCUT2D eigenvalue weighted by molar-refractivity contribution is 6.30. The second-order valence-electron chi connectivity index (χ2n) is 5.96. The smallest absolute Gasteiger partial charge is 0.253 e. The summed E-state index contributed by atoms with van der Waals surface area (Å²) in [5.41, 5.74) is 2.08. The molecule has 1 atom stereocenters. The van der Waals surface area contributed by atoms with E-state index in [1.807, 2.05) is 23.1 Å². The normalized spacial score (nSPS) is 18.2. The van der Waals surface area contributed by atoms with Crippen molar-refractivity contribution in [3.05, 3.63) is 70.7 Å². The number of hydrogen-bond acceptors (Lipinski definition) is 1. The van der Waals surface area contributed by atoms with Crippen LogP contribution in [0.25, 0.3) is 0 Å². The number of piperidine rings is 1. The zero-order chi connectivity index (χ0) is 15.4. The SMILES string of the molecule is O=C(c1ccc(Cl)cc1)N1CCCC(Cc2ccccc2)C1. The number of nitrogens with zero attached hydrogens (tertiary/aromatic N) is 1. The molecular formula is C19H20ClNO. The van der Waals surface area contributed by atoms with Crippen LogP contribution in [0.5, 0.6) is 0 Å². The van der Waals surface area contributed by atoms with Crippen LogP contribution < -0.4 is 0 Å². The Labute approximate surface area is 136 Å². The quantitative estimate of drug-likeness (QED) is 0.820. The zero-order valence-corrected chi connectivity index (χ0v) is 13.3. The lowest BCUT2D eigenvalue weighted by Gasteiger charge is -2.33. The lowest BCUT2D eigenvalue weighted by Crippen LogP contribution is -2.40. The average molecular weight is 314 g/mol. The van der Waals surface area contributed by atoms with Gasteiger partial charge in [-0.25, -0.2) is 0 Å². The van der Waals surface area contributed by atoms with Crippen LogP contribution in [0.4, 0.5) is 0 Å². The van der Waals surface area contributed by atoms with Crippen LogP contribution in [0.15, 0.2) is 54.6 Å². The summed E-state index contributed by atoms with van der Waals surface area (Å²) < 4.78 is 0. The molecular weight excluding hydrogens is 294 g/mol. The second-order valence-corrected chi connectivity index (χ2v) is 6.39. The molecule has 1 saturated heterocycles. The predicted octanol–water partition coefficient (Wildman–Crippen LogP) is 4.43. The number of carbonyl (C=O) groups excluding carboxylic acids is 1. The van der Waals surface area contributed by atoms with Gasteiger partial charge >= 0.3 is 0 Å². The number of carbonyl (C=O) groups is 1. The molecule has 2 nitrogen and oxygen atoms in total. The lowest BCUT2D eigenvalue weighted by molar-refractivity contribution is 0.0673. The molecule has 0 spiro atoms. The second kappa shape index (κ2) is 6.97. The first-order valence-corrected chi connectivity index (χ1v) is 8.19. The molecule has 1 aliphatic rings. The molecule has 114 valence electrons. The summed E-state index contributed by atoms with van der Waals surface area (Å²) in [6.45, 7) is 1.70. The van der Waals surface area contributed by atoms with Gasteiger partial charge in [0.15, 0.2) is 0 Å². The van der Waals surface area contributed by atoms with Crippen LogP contribution >= 0.6 is 11.6 Å². The minimum atomic E-state index is 0.120. The van der Waals surface area contributed by atoms with Crippen molar-refractivity contribution in [1.82, 2.24) is 4.90 Å². The van der Waals surface area contributed by atoms with Gasteiger partial charge in [-0.2, -0.15) is 0 Å². The van der Waals surface area contributed by atoms with E-state index in [1.165, 1.54) is 12.0 Å². The summed E-state index contributed by atoms with van der Waals surface area (Å²) >= 11 is 5.89. The van der Waals surface area contributed by atoms with Crippen molar-refractivity contribution in [2.75, 3.05) is 13.1 Å². The van der Waals surface area contributed by atoms with E-state index in [9.17, 15) is 4.79 Å². The van der Waals surface area contributed by atoms with Crippen molar-refractivity contribution in [1.29, 1.82) is 0 Å². The highest BCUT2D eigenvalue weighted by Crippen LogP contribution is 2.22. The Hall–Kier alpha value is -1.80. The molecule has 1 amide bonds. The van der Waals surface area contributed by atoms with Gasteiger partial charge < -0.3 is 4.90 Å². The Morgan fingerprint density at radius 2 is 1.82 bits per heavy atom. The third-order valence-corrected chi connectivity index (χ3v) is 4.52. The van der Waals surface area contributed by atoms with E-state index in [0.29, 0.717) is 10.9 Å². The van der Waals surface area contributed by atoms with Crippen LogP contribution in [0.3, 0.4) is 0 Å². The third-order valence-electron chi connectivity index (χ3n) is 4.26. The van der Waals surface area contributed by atoms with Gasteiger partial charge in [-0.05, 0) is 55.0 Å². The fourth-order valence-electron chi connectivity index (χ4n) is 3.14. The molecule has 22 heavy (non-hydrogen) atoms. The number of likely N-dealkylation sites (tertiary alicyclic amines) is 1. The summed E-state index contributed by atoms with van der Waals surface area (Å²) in [6.07, 6.45) is 3.32. The molecule has 1 unspecified atom stereocenters. The summed E-state index contributed by atoms with van der Waals surface area (Å²) in [4.78, 5) is 14.6. The van der Waals surface area contributed by atoms with Gasteiger partial charge in [0.1, 0.15) is 0 Å². The van der Waals surface area contributed by atoms with Crippen molar-refractivity contribution in [2.24, 2.45) is 5.92 Å². The minimum absolute atomic E-state index is 0.120. The number of rotatable bonds is 3. The molecule has 1 heterocycles. The van der Waals surface area contributed by atoms with Gasteiger partial charge in [-0.15, -0.1) is 0 Å². The van der Waals surface area contributed by atoms with Crippen molar-refractivity contribution in [3.63, 3.8) is 0 Å². The third kappa shape index (κ3) is 3.69. The zero-order valence-electron chi connectivity index (χ0n) is 12.5. The molecule has 1 aliphatic heterocycles. The maximum absolute atomic E-state index is 12.6. The first-order chi connectivity index (χ1) is 10.7. The molecule has 2 aromatic rings. The van der Waals surface area contributed by atoms with E-state index in [1.54, 1.807) is 12.1 Å². The van der Waals surface area contributed by atoms with Gasteiger partial charge in [-0.1, -0.05) is 41.9 Å². The predicted molar refractivity (Wildman–Crippen MR) is 90.2 cm³/mol. The van der Waals surface area contributed by atoms with E-state index in [2.05, 4.69) is 24.3 Å². The van der Waals surface area contributed by atoms with Crippen LogP contribution in [-0.2, 0) is 6.42 Å².